The molecule has 8 heteroatoms. The molecule has 7 nitrogen and oxygen atoms in total. The quantitative estimate of drug-likeness (QED) is 0.709. The van der Waals surface area contributed by atoms with Crippen LogP contribution in [0, 0.1) is 11.7 Å². The first-order chi connectivity index (χ1) is 14.0. The summed E-state index contributed by atoms with van der Waals surface area (Å²) >= 11 is 0. The van der Waals surface area contributed by atoms with Crippen molar-refractivity contribution in [1.82, 2.24) is 20.2 Å². The molecule has 2 aromatic rings. The monoisotopic (exact) mass is 398 g/mol. The van der Waals surface area contributed by atoms with Gasteiger partial charge in [0.2, 0.25) is 0 Å². The average molecular weight is 398 g/mol. The van der Waals surface area contributed by atoms with Gasteiger partial charge in [-0.1, -0.05) is 6.07 Å². The minimum absolute atomic E-state index is 0.00516. The van der Waals surface area contributed by atoms with E-state index in [0.29, 0.717) is 29.9 Å². The lowest BCUT2D eigenvalue weighted by atomic mass is 9.85. The molecule has 0 saturated heterocycles. The number of carboxylic acids is 1. The molecule has 0 atom stereocenters. The molecule has 29 heavy (non-hydrogen) atoms. The predicted octanol–water partition coefficient (Wildman–Crippen LogP) is 2.34. The normalized spacial score (nSPS) is 20.9. The highest BCUT2D eigenvalue weighted by molar-refractivity contribution is 5.95. The minimum Gasteiger partial charge on any atom is -0.480 e. The van der Waals surface area contributed by atoms with Crippen molar-refractivity contribution in [3.05, 3.63) is 48.3 Å². The van der Waals surface area contributed by atoms with Crippen LogP contribution in [0.4, 0.5) is 4.39 Å². The Morgan fingerprint density at radius 1 is 1.17 bits per heavy atom. The molecule has 0 bridgehead atoms. The number of aromatic nitrogens is 2. The third-order valence-corrected chi connectivity index (χ3v) is 5.60. The van der Waals surface area contributed by atoms with Crippen LogP contribution < -0.4 is 5.32 Å². The summed E-state index contributed by atoms with van der Waals surface area (Å²) < 4.78 is 14.5. The number of hydrogen-bond donors (Lipinski definition) is 2. The molecule has 0 spiro atoms. The van der Waals surface area contributed by atoms with E-state index in [-0.39, 0.29) is 24.2 Å². The molecule has 2 aliphatic rings. The number of benzene rings is 1. The first kappa shape index (κ1) is 19.4. The maximum absolute atomic E-state index is 14.5. The van der Waals surface area contributed by atoms with Crippen molar-refractivity contribution in [2.75, 3.05) is 13.1 Å². The summed E-state index contributed by atoms with van der Waals surface area (Å²) in [5.41, 5.74) is 1.27. The Balaban J connectivity index is 1.33. The van der Waals surface area contributed by atoms with Crippen LogP contribution in [0.3, 0.4) is 0 Å². The van der Waals surface area contributed by atoms with Gasteiger partial charge in [-0.05, 0) is 49.3 Å². The zero-order chi connectivity index (χ0) is 20.4. The minimum atomic E-state index is -0.830. The van der Waals surface area contributed by atoms with Gasteiger partial charge in [-0.3, -0.25) is 14.5 Å². The SMILES string of the molecule is O=C(O)CN(CC1CC1)C1CC(NC(=O)c2ccc(-c3cncnc3)cc2F)C1. The van der Waals surface area contributed by atoms with Gasteiger partial charge in [0.05, 0.1) is 12.1 Å². The van der Waals surface area contributed by atoms with Crippen LogP contribution in [0.5, 0.6) is 0 Å². The van der Waals surface area contributed by atoms with Crippen molar-refractivity contribution < 1.29 is 19.1 Å². The fourth-order valence-corrected chi connectivity index (χ4v) is 3.74. The smallest absolute Gasteiger partial charge is 0.317 e. The summed E-state index contributed by atoms with van der Waals surface area (Å²) in [7, 11) is 0. The second-order valence-electron chi connectivity index (χ2n) is 7.88. The van der Waals surface area contributed by atoms with Gasteiger partial charge in [0, 0.05) is 36.6 Å². The number of rotatable bonds is 8. The summed E-state index contributed by atoms with van der Waals surface area (Å²) in [6, 6.07) is 4.53. The molecular formula is C21H23FN4O3. The van der Waals surface area contributed by atoms with Crippen LogP contribution in [-0.4, -0.2) is 57.0 Å². The van der Waals surface area contributed by atoms with E-state index in [9.17, 15) is 14.0 Å². The van der Waals surface area contributed by atoms with Gasteiger partial charge < -0.3 is 10.4 Å². The third kappa shape index (κ3) is 4.76. The van der Waals surface area contributed by atoms with Crippen LogP contribution in [0.2, 0.25) is 0 Å². The predicted molar refractivity (Wildman–Crippen MR) is 104 cm³/mol. The molecule has 1 aromatic carbocycles. The number of aliphatic carboxylic acids is 1. The van der Waals surface area contributed by atoms with Crippen molar-refractivity contribution in [3.63, 3.8) is 0 Å². The standard InChI is InChI=1S/C21H23FN4O3/c22-19-5-14(15-8-23-12-24-9-15)3-4-18(19)21(29)25-16-6-17(7-16)26(11-20(27)28)10-13-1-2-13/h3-5,8-9,12-13,16-17H,1-2,6-7,10-11H2,(H,25,29)(H,27,28). The first-order valence-corrected chi connectivity index (χ1v) is 9.81. The Morgan fingerprint density at radius 3 is 2.52 bits per heavy atom. The molecule has 2 fully saturated rings. The zero-order valence-electron chi connectivity index (χ0n) is 15.9. The van der Waals surface area contributed by atoms with Gasteiger partial charge in [-0.2, -0.15) is 0 Å². The first-order valence-electron chi connectivity index (χ1n) is 9.81. The van der Waals surface area contributed by atoms with E-state index < -0.39 is 17.7 Å². The number of nitrogens with one attached hydrogen (secondary N) is 1. The Labute approximate surface area is 168 Å². The number of amides is 1. The zero-order valence-corrected chi connectivity index (χ0v) is 15.9. The van der Waals surface area contributed by atoms with E-state index in [1.807, 2.05) is 4.90 Å². The van der Waals surface area contributed by atoms with E-state index in [1.54, 1.807) is 18.5 Å². The summed E-state index contributed by atoms with van der Waals surface area (Å²) in [5.74, 6) is -1.27. The maximum Gasteiger partial charge on any atom is 0.317 e. The highest BCUT2D eigenvalue weighted by Gasteiger charge is 2.38. The molecule has 1 amide bonds. The van der Waals surface area contributed by atoms with E-state index in [0.717, 1.165) is 19.4 Å². The topological polar surface area (TPSA) is 95.4 Å². The molecule has 2 aliphatic carbocycles. The molecule has 4 rings (SSSR count). The fourth-order valence-electron chi connectivity index (χ4n) is 3.74. The Bertz CT molecular complexity index is 898. The lowest BCUT2D eigenvalue weighted by Crippen LogP contribution is -2.55. The summed E-state index contributed by atoms with van der Waals surface area (Å²) in [6.45, 7) is 0.831. The largest absolute Gasteiger partial charge is 0.480 e. The van der Waals surface area contributed by atoms with Crippen molar-refractivity contribution in [2.24, 2.45) is 5.92 Å². The molecule has 0 radical (unpaired) electrons. The van der Waals surface area contributed by atoms with Crippen molar-refractivity contribution >= 4 is 11.9 Å². The Hall–Kier alpha value is -2.87. The van der Waals surface area contributed by atoms with Gasteiger partial charge in [-0.25, -0.2) is 14.4 Å². The lowest BCUT2D eigenvalue weighted by molar-refractivity contribution is -0.139. The third-order valence-electron chi connectivity index (χ3n) is 5.60. The highest BCUT2D eigenvalue weighted by atomic mass is 19.1. The number of hydrogen-bond acceptors (Lipinski definition) is 5. The van der Waals surface area contributed by atoms with Crippen LogP contribution >= 0.6 is 0 Å². The maximum atomic E-state index is 14.5. The fraction of sp³-hybridized carbons (Fsp3) is 0.429. The van der Waals surface area contributed by atoms with Gasteiger partial charge >= 0.3 is 5.97 Å². The van der Waals surface area contributed by atoms with Crippen molar-refractivity contribution in [1.29, 1.82) is 0 Å². The Morgan fingerprint density at radius 2 is 1.90 bits per heavy atom. The van der Waals surface area contributed by atoms with E-state index in [1.165, 1.54) is 18.5 Å². The summed E-state index contributed by atoms with van der Waals surface area (Å²) in [4.78, 5) is 33.4. The van der Waals surface area contributed by atoms with Crippen molar-refractivity contribution in [2.45, 2.75) is 37.8 Å². The molecule has 152 valence electrons. The molecular weight excluding hydrogens is 375 g/mol. The number of carbonyl (C=O) groups excluding carboxylic acids is 1. The molecule has 2 N–H and O–H groups in total. The van der Waals surface area contributed by atoms with Gasteiger partial charge in [-0.15, -0.1) is 0 Å². The average Bonchev–Trinajstić information content (AvgIpc) is 3.48. The van der Waals surface area contributed by atoms with Gasteiger partial charge in [0.15, 0.2) is 0 Å². The van der Waals surface area contributed by atoms with E-state index in [2.05, 4.69) is 15.3 Å². The number of carboxylic acid groups (broad SMARTS) is 1. The molecule has 1 aromatic heterocycles. The van der Waals surface area contributed by atoms with Gasteiger partial charge in [0.1, 0.15) is 12.1 Å². The second kappa shape index (κ2) is 8.24. The van der Waals surface area contributed by atoms with Crippen molar-refractivity contribution in [3.8, 4) is 11.1 Å². The lowest BCUT2D eigenvalue weighted by Gasteiger charge is -2.42. The second-order valence-corrected chi connectivity index (χ2v) is 7.88. The molecule has 0 aliphatic heterocycles. The number of nitrogens with zero attached hydrogens (tertiary/aromatic N) is 3. The van der Waals surface area contributed by atoms with Crippen LogP contribution in [0.25, 0.3) is 11.1 Å². The summed E-state index contributed by atoms with van der Waals surface area (Å²) in [5, 5.41) is 12.0. The van der Waals surface area contributed by atoms with Gasteiger partial charge in [0.25, 0.3) is 5.91 Å². The Kier molecular flexibility index (Phi) is 5.53. The highest BCUT2D eigenvalue weighted by Crippen LogP contribution is 2.34. The number of halogens is 1. The van der Waals surface area contributed by atoms with Crippen LogP contribution in [-0.2, 0) is 4.79 Å². The number of carbonyl (C=O) groups is 2. The molecule has 1 heterocycles. The van der Waals surface area contributed by atoms with E-state index >= 15 is 0 Å². The summed E-state index contributed by atoms with van der Waals surface area (Å²) in [6.07, 6.45) is 8.26. The van der Waals surface area contributed by atoms with Crippen LogP contribution in [0.15, 0.2) is 36.9 Å². The molecule has 2 saturated carbocycles. The van der Waals surface area contributed by atoms with E-state index in [4.69, 9.17) is 5.11 Å². The molecule has 0 unspecified atom stereocenters. The van der Waals surface area contributed by atoms with Crippen LogP contribution in [0.1, 0.15) is 36.0 Å².